The van der Waals surface area contributed by atoms with Crippen LogP contribution in [0.5, 0.6) is 5.75 Å². The first-order chi connectivity index (χ1) is 7.31. The molecule has 1 aliphatic heterocycles. The Bertz CT molecular complexity index is 360. The minimum absolute atomic E-state index is 0.150. The van der Waals surface area contributed by atoms with Crippen LogP contribution in [0.25, 0.3) is 0 Å². The van der Waals surface area contributed by atoms with Crippen LogP contribution in [0.2, 0.25) is 0 Å². The van der Waals surface area contributed by atoms with E-state index >= 15 is 0 Å². The maximum atomic E-state index is 11.3. The molecule has 0 saturated carbocycles. The predicted molar refractivity (Wildman–Crippen MR) is 55.9 cm³/mol. The number of benzene rings is 1. The quantitative estimate of drug-likeness (QED) is 0.710. The summed E-state index contributed by atoms with van der Waals surface area (Å²) in [5.74, 6) is 0.898. The molecule has 1 aromatic carbocycles. The van der Waals surface area contributed by atoms with E-state index in [0.29, 0.717) is 19.6 Å². The number of carbonyl (C=O) groups excluding carboxylic acids is 1. The molecule has 80 valence electrons. The number of carbonyl (C=O) groups is 1. The third-order valence-electron chi connectivity index (χ3n) is 2.52. The maximum Gasteiger partial charge on any atom is 0.306 e. The number of rotatable bonds is 3. The second-order valence-electron chi connectivity index (χ2n) is 3.55. The zero-order chi connectivity index (χ0) is 10.7. The highest BCUT2D eigenvalue weighted by Crippen LogP contribution is 2.35. The molecule has 0 bridgehead atoms. The van der Waals surface area contributed by atoms with Crippen LogP contribution in [0.3, 0.4) is 0 Å². The van der Waals surface area contributed by atoms with Gasteiger partial charge in [0.1, 0.15) is 5.75 Å². The molecule has 0 saturated heterocycles. The minimum Gasteiger partial charge on any atom is -0.493 e. The molecule has 0 radical (unpaired) electrons. The number of ether oxygens (including phenoxy) is 2. The lowest BCUT2D eigenvalue weighted by atomic mass is 9.98. The van der Waals surface area contributed by atoms with Gasteiger partial charge in [-0.05, 0) is 13.0 Å². The maximum absolute atomic E-state index is 11.3. The second kappa shape index (κ2) is 4.34. The zero-order valence-electron chi connectivity index (χ0n) is 8.73. The van der Waals surface area contributed by atoms with Crippen molar-refractivity contribution >= 4 is 5.97 Å². The van der Waals surface area contributed by atoms with Crippen LogP contribution in [0.1, 0.15) is 24.8 Å². The fourth-order valence-corrected chi connectivity index (χ4v) is 1.82. The fraction of sp³-hybridized carbons (Fsp3) is 0.417. The van der Waals surface area contributed by atoms with E-state index in [0.717, 1.165) is 11.3 Å². The minimum atomic E-state index is -0.150. The number of hydrogen-bond donors (Lipinski definition) is 0. The van der Waals surface area contributed by atoms with Gasteiger partial charge >= 0.3 is 5.97 Å². The summed E-state index contributed by atoms with van der Waals surface area (Å²) >= 11 is 0. The number of esters is 1. The Hall–Kier alpha value is -1.51. The van der Waals surface area contributed by atoms with Crippen molar-refractivity contribution in [1.82, 2.24) is 0 Å². The van der Waals surface area contributed by atoms with Gasteiger partial charge in [0.05, 0.1) is 19.6 Å². The molecule has 0 aromatic heterocycles. The molecule has 1 aromatic rings. The lowest BCUT2D eigenvalue weighted by molar-refractivity contribution is -0.143. The summed E-state index contributed by atoms with van der Waals surface area (Å²) in [5, 5.41) is 0. The van der Waals surface area contributed by atoms with Gasteiger partial charge in [0, 0.05) is 11.5 Å². The smallest absolute Gasteiger partial charge is 0.306 e. The van der Waals surface area contributed by atoms with Crippen LogP contribution >= 0.6 is 0 Å². The topological polar surface area (TPSA) is 35.5 Å². The normalized spacial score (nSPS) is 18.1. The third-order valence-corrected chi connectivity index (χ3v) is 2.52. The first-order valence-electron chi connectivity index (χ1n) is 5.18. The molecular formula is C12H14O3. The van der Waals surface area contributed by atoms with E-state index in [1.807, 2.05) is 31.2 Å². The predicted octanol–water partition coefficient (Wildman–Crippen LogP) is 2.12. The van der Waals surface area contributed by atoms with Gasteiger partial charge in [-0.1, -0.05) is 18.2 Å². The molecule has 1 unspecified atom stereocenters. The summed E-state index contributed by atoms with van der Waals surface area (Å²) in [7, 11) is 0. The van der Waals surface area contributed by atoms with Crippen LogP contribution < -0.4 is 4.74 Å². The van der Waals surface area contributed by atoms with Crippen LogP contribution in [-0.2, 0) is 9.53 Å². The molecular weight excluding hydrogens is 192 g/mol. The number of fused-ring (bicyclic) bond motifs is 1. The van der Waals surface area contributed by atoms with Crippen molar-refractivity contribution in [2.24, 2.45) is 0 Å². The van der Waals surface area contributed by atoms with Gasteiger partial charge in [-0.25, -0.2) is 0 Å². The van der Waals surface area contributed by atoms with E-state index in [9.17, 15) is 4.79 Å². The average molecular weight is 206 g/mol. The summed E-state index contributed by atoms with van der Waals surface area (Å²) in [4.78, 5) is 11.3. The van der Waals surface area contributed by atoms with Gasteiger partial charge in [-0.2, -0.15) is 0 Å². The van der Waals surface area contributed by atoms with Crippen LogP contribution in [0.15, 0.2) is 24.3 Å². The summed E-state index contributed by atoms with van der Waals surface area (Å²) in [5.41, 5.74) is 1.12. The Morgan fingerprint density at radius 3 is 3.13 bits per heavy atom. The molecule has 0 N–H and O–H groups in total. The molecule has 2 rings (SSSR count). The van der Waals surface area contributed by atoms with Gasteiger partial charge in [-0.15, -0.1) is 0 Å². The Labute approximate surface area is 89.0 Å². The van der Waals surface area contributed by atoms with Crippen LogP contribution in [0, 0.1) is 0 Å². The van der Waals surface area contributed by atoms with Crippen molar-refractivity contribution in [3.05, 3.63) is 29.8 Å². The van der Waals surface area contributed by atoms with Crippen LogP contribution in [0.4, 0.5) is 0 Å². The summed E-state index contributed by atoms with van der Waals surface area (Å²) in [6.45, 7) is 2.84. The van der Waals surface area contributed by atoms with Gasteiger partial charge in [0.2, 0.25) is 0 Å². The van der Waals surface area contributed by atoms with E-state index in [-0.39, 0.29) is 11.9 Å². The van der Waals surface area contributed by atoms with E-state index in [4.69, 9.17) is 9.47 Å². The van der Waals surface area contributed by atoms with Gasteiger partial charge < -0.3 is 9.47 Å². The van der Waals surface area contributed by atoms with Crippen molar-refractivity contribution in [3.63, 3.8) is 0 Å². The highest BCUT2D eigenvalue weighted by atomic mass is 16.5. The van der Waals surface area contributed by atoms with E-state index in [1.165, 1.54) is 0 Å². The number of para-hydroxylation sites is 1. The van der Waals surface area contributed by atoms with Crippen molar-refractivity contribution < 1.29 is 14.3 Å². The monoisotopic (exact) mass is 206 g/mol. The molecule has 3 nitrogen and oxygen atoms in total. The molecule has 15 heavy (non-hydrogen) atoms. The fourth-order valence-electron chi connectivity index (χ4n) is 1.82. The van der Waals surface area contributed by atoms with Gasteiger partial charge in [0.15, 0.2) is 0 Å². The molecule has 0 amide bonds. The summed E-state index contributed by atoms with van der Waals surface area (Å²) < 4.78 is 10.4. The van der Waals surface area contributed by atoms with E-state index in [1.54, 1.807) is 0 Å². The van der Waals surface area contributed by atoms with E-state index in [2.05, 4.69) is 0 Å². The Kier molecular flexibility index (Phi) is 2.90. The van der Waals surface area contributed by atoms with E-state index < -0.39 is 0 Å². The Balaban J connectivity index is 2.04. The second-order valence-corrected chi connectivity index (χ2v) is 3.55. The lowest BCUT2D eigenvalue weighted by Gasteiger charge is -2.07. The molecule has 1 aliphatic rings. The Morgan fingerprint density at radius 1 is 1.53 bits per heavy atom. The zero-order valence-corrected chi connectivity index (χ0v) is 8.73. The van der Waals surface area contributed by atoms with Crippen LogP contribution in [-0.4, -0.2) is 19.2 Å². The van der Waals surface area contributed by atoms with Crippen molar-refractivity contribution in [1.29, 1.82) is 0 Å². The largest absolute Gasteiger partial charge is 0.493 e. The number of hydrogen-bond acceptors (Lipinski definition) is 3. The SMILES string of the molecule is CCOC(=O)CC1COc2ccccc21. The lowest BCUT2D eigenvalue weighted by Crippen LogP contribution is -2.11. The van der Waals surface area contributed by atoms with Gasteiger partial charge in [0.25, 0.3) is 0 Å². The third kappa shape index (κ3) is 2.12. The standard InChI is InChI=1S/C12H14O3/c1-2-14-12(13)7-9-8-15-11-6-4-3-5-10(9)11/h3-6,9H,2,7-8H2,1H3. The van der Waals surface area contributed by atoms with Crippen molar-refractivity contribution in [3.8, 4) is 5.75 Å². The molecule has 0 spiro atoms. The van der Waals surface area contributed by atoms with Crippen molar-refractivity contribution in [2.45, 2.75) is 19.3 Å². The summed E-state index contributed by atoms with van der Waals surface area (Å²) in [6, 6.07) is 7.84. The van der Waals surface area contributed by atoms with Gasteiger partial charge in [-0.3, -0.25) is 4.79 Å². The Morgan fingerprint density at radius 2 is 2.33 bits per heavy atom. The molecule has 3 heteroatoms. The first-order valence-corrected chi connectivity index (χ1v) is 5.18. The molecule has 1 atom stereocenters. The van der Waals surface area contributed by atoms with Crippen molar-refractivity contribution in [2.75, 3.05) is 13.2 Å². The highest BCUT2D eigenvalue weighted by Gasteiger charge is 2.26. The highest BCUT2D eigenvalue weighted by molar-refractivity contribution is 5.71. The average Bonchev–Trinajstić information content (AvgIpc) is 2.62. The molecule has 0 fully saturated rings. The molecule has 0 aliphatic carbocycles. The summed E-state index contributed by atoms with van der Waals surface area (Å²) in [6.07, 6.45) is 0.408. The first kappa shape index (κ1) is 10.0. The molecule has 1 heterocycles.